The number of rotatable bonds is 5. The van der Waals surface area contributed by atoms with Crippen molar-refractivity contribution in [2.24, 2.45) is 0 Å². The monoisotopic (exact) mass is 273 g/mol. The van der Waals surface area contributed by atoms with Crippen molar-refractivity contribution in [3.8, 4) is 0 Å². The summed E-state index contributed by atoms with van der Waals surface area (Å²) < 4.78 is 13.1. The number of carbonyl (C=O) groups is 1. The molecule has 0 aliphatic heterocycles. The van der Waals surface area contributed by atoms with Crippen molar-refractivity contribution in [1.82, 2.24) is 4.98 Å². The fourth-order valence-electron chi connectivity index (χ4n) is 1.69. The van der Waals surface area contributed by atoms with Crippen LogP contribution in [0.15, 0.2) is 42.6 Å². The summed E-state index contributed by atoms with van der Waals surface area (Å²) in [5.74, 6) is -0.0286. The molecule has 1 heterocycles. The van der Waals surface area contributed by atoms with E-state index in [2.05, 4.69) is 15.6 Å². The Morgan fingerprint density at radius 3 is 2.90 bits per heavy atom. The van der Waals surface area contributed by atoms with Gasteiger partial charge in [0.25, 0.3) is 5.91 Å². The minimum Gasteiger partial charge on any atom is -0.370 e. The predicted octanol–water partition coefficient (Wildman–Crippen LogP) is 3.29. The predicted molar refractivity (Wildman–Crippen MR) is 77.4 cm³/mol. The molecule has 1 aromatic carbocycles. The van der Waals surface area contributed by atoms with Gasteiger partial charge in [-0.15, -0.1) is 0 Å². The molecular formula is C15H16FN3O. The van der Waals surface area contributed by atoms with Gasteiger partial charge in [-0.05, 0) is 36.8 Å². The smallest absolute Gasteiger partial charge is 0.255 e. The topological polar surface area (TPSA) is 54.0 Å². The molecule has 2 N–H and O–H groups in total. The first-order valence-corrected chi connectivity index (χ1v) is 6.46. The largest absolute Gasteiger partial charge is 0.370 e. The van der Waals surface area contributed by atoms with Crippen LogP contribution in [0.2, 0.25) is 0 Å². The van der Waals surface area contributed by atoms with Crippen LogP contribution in [0.25, 0.3) is 0 Å². The highest BCUT2D eigenvalue weighted by Gasteiger charge is 2.07. The van der Waals surface area contributed by atoms with Gasteiger partial charge in [-0.2, -0.15) is 0 Å². The van der Waals surface area contributed by atoms with Crippen LogP contribution in [-0.2, 0) is 0 Å². The van der Waals surface area contributed by atoms with Crippen LogP contribution in [-0.4, -0.2) is 17.4 Å². The van der Waals surface area contributed by atoms with Crippen molar-refractivity contribution in [3.63, 3.8) is 0 Å². The molecule has 2 rings (SSSR count). The molecule has 20 heavy (non-hydrogen) atoms. The number of hydrogen-bond acceptors (Lipinski definition) is 3. The molecule has 0 aliphatic carbocycles. The average molecular weight is 273 g/mol. The molecule has 0 aliphatic rings. The fourth-order valence-corrected chi connectivity index (χ4v) is 1.69. The maximum absolute atomic E-state index is 13.1. The molecule has 0 spiro atoms. The second-order valence-corrected chi connectivity index (χ2v) is 4.32. The maximum atomic E-state index is 13.1. The van der Waals surface area contributed by atoms with E-state index in [4.69, 9.17) is 0 Å². The number of nitrogens with zero attached hydrogens (tertiary/aromatic N) is 1. The summed E-state index contributed by atoms with van der Waals surface area (Å²) in [6.45, 7) is 2.84. The van der Waals surface area contributed by atoms with Crippen LogP contribution in [0.5, 0.6) is 0 Å². The van der Waals surface area contributed by atoms with Gasteiger partial charge in [-0.1, -0.05) is 13.0 Å². The van der Waals surface area contributed by atoms with Crippen molar-refractivity contribution in [2.45, 2.75) is 13.3 Å². The second kappa shape index (κ2) is 6.65. The van der Waals surface area contributed by atoms with Gasteiger partial charge in [-0.25, -0.2) is 9.37 Å². The van der Waals surface area contributed by atoms with Crippen LogP contribution < -0.4 is 10.6 Å². The summed E-state index contributed by atoms with van der Waals surface area (Å²) in [4.78, 5) is 16.2. The Kier molecular flexibility index (Phi) is 4.65. The van der Waals surface area contributed by atoms with E-state index >= 15 is 0 Å². The van der Waals surface area contributed by atoms with Crippen LogP contribution in [0.1, 0.15) is 23.7 Å². The molecular weight excluding hydrogens is 257 g/mol. The molecule has 2 aromatic rings. The third-order valence-electron chi connectivity index (χ3n) is 2.66. The number of halogens is 1. The zero-order chi connectivity index (χ0) is 14.4. The van der Waals surface area contributed by atoms with E-state index in [0.717, 1.165) is 13.0 Å². The quantitative estimate of drug-likeness (QED) is 0.879. The summed E-state index contributed by atoms with van der Waals surface area (Å²) in [6.07, 6.45) is 2.54. The Labute approximate surface area is 117 Å². The van der Waals surface area contributed by atoms with E-state index in [1.54, 1.807) is 30.5 Å². The molecule has 0 fully saturated rings. The van der Waals surface area contributed by atoms with Gasteiger partial charge < -0.3 is 10.6 Å². The minimum atomic E-state index is -0.386. The molecule has 1 amide bonds. The lowest BCUT2D eigenvalue weighted by Crippen LogP contribution is -2.13. The van der Waals surface area contributed by atoms with Gasteiger partial charge in [0.15, 0.2) is 0 Å². The van der Waals surface area contributed by atoms with Gasteiger partial charge in [0, 0.05) is 24.0 Å². The van der Waals surface area contributed by atoms with Gasteiger partial charge in [-0.3, -0.25) is 4.79 Å². The molecule has 0 unspecified atom stereocenters. The van der Waals surface area contributed by atoms with Crippen LogP contribution in [0.3, 0.4) is 0 Å². The van der Waals surface area contributed by atoms with Crippen molar-refractivity contribution in [3.05, 3.63) is 54.0 Å². The molecule has 0 saturated heterocycles. The van der Waals surface area contributed by atoms with E-state index in [-0.39, 0.29) is 11.7 Å². The molecule has 0 saturated carbocycles. The molecule has 1 aromatic heterocycles. The summed E-state index contributed by atoms with van der Waals surface area (Å²) >= 11 is 0. The highest BCUT2D eigenvalue weighted by Crippen LogP contribution is 2.12. The summed E-state index contributed by atoms with van der Waals surface area (Å²) in [6, 6.07) is 9.07. The third-order valence-corrected chi connectivity index (χ3v) is 2.66. The van der Waals surface area contributed by atoms with E-state index in [1.807, 2.05) is 6.92 Å². The number of aromatic nitrogens is 1. The zero-order valence-corrected chi connectivity index (χ0v) is 11.2. The van der Waals surface area contributed by atoms with E-state index in [0.29, 0.717) is 17.1 Å². The van der Waals surface area contributed by atoms with Gasteiger partial charge >= 0.3 is 0 Å². The molecule has 5 heteroatoms. The molecule has 0 radical (unpaired) electrons. The molecule has 0 atom stereocenters. The summed E-state index contributed by atoms with van der Waals surface area (Å²) in [5.41, 5.74) is 0.901. The van der Waals surface area contributed by atoms with E-state index in [1.165, 1.54) is 12.1 Å². The fraction of sp³-hybridized carbons (Fsp3) is 0.200. The lowest BCUT2D eigenvalue weighted by Gasteiger charge is -2.07. The minimum absolute atomic E-state index is 0.294. The van der Waals surface area contributed by atoms with Crippen molar-refractivity contribution in [1.29, 1.82) is 0 Å². The number of anilines is 2. The van der Waals surface area contributed by atoms with Crippen molar-refractivity contribution < 1.29 is 9.18 Å². The Morgan fingerprint density at radius 2 is 2.15 bits per heavy atom. The molecule has 4 nitrogen and oxygen atoms in total. The average Bonchev–Trinajstić information content (AvgIpc) is 2.45. The SMILES string of the molecule is CCCNc1cc(C(=O)Nc2cccc(F)c2)ccn1. The Balaban J connectivity index is 2.09. The summed E-state index contributed by atoms with van der Waals surface area (Å²) in [5, 5.41) is 5.76. The third kappa shape index (κ3) is 3.78. The highest BCUT2D eigenvalue weighted by molar-refractivity contribution is 6.04. The molecule has 104 valence electrons. The second-order valence-electron chi connectivity index (χ2n) is 4.32. The standard InChI is InChI=1S/C15H16FN3O/c1-2-7-17-14-9-11(6-8-18-14)15(20)19-13-5-3-4-12(16)10-13/h3-6,8-10H,2,7H2,1H3,(H,17,18)(H,19,20). The zero-order valence-electron chi connectivity index (χ0n) is 11.2. The first-order valence-electron chi connectivity index (χ1n) is 6.46. The number of benzene rings is 1. The lowest BCUT2D eigenvalue weighted by atomic mass is 10.2. The first kappa shape index (κ1) is 14.0. The number of pyridine rings is 1. The Bertz CT molecular complexity index is 601. The lowest BCUT2D eigenvalue weighted by molar-refractivity contribution is 0.102. The van der Waals surface area contributed by atoms with Crippen molar-refractivity contribution in [2.75, 3.05) is 17.2 Å². The van der Waals surface area contributed by atoms with Crippen LogP contribution in [0.4, 0.5) is 15.9 Å². The first-order chi connectivity index (χ1) is 9.69. The van der Waals surface area contributed by atoms with Crippen LogP contribution in [0, 0.1) is 5.82 Å². The Morgan fingerprint density at radius 1 is 1.30 bits per heavy atom. The van der Waals surface area contributed by atoms with Gasteiger partial charge in [0.1, 0.15) is 11.6 Å². The number of amides is 1. The number of hydrogen-bond donors (Lipinski definition) is 2. The summed E-state index contributed by atoms with van der Waals surface area (Å²) in [7, 11) is 0. The number of nitrogens with one attached hydrogen (secondary N) is 2. The molecule has 0 bridgehead atoms. The van der Waals surface area contributed by atoms with Gasteiger partial charge in [0.2, 0.25) is 0 Å². The van der Waals surface area contributed by atoms with E-state index in [9.17, 15) is 9.18 Å². The highest BCUT2D eigenvalue weighted by atomic mass is 19.1. The van der Waals surface area contributed by atoms with E-state index < -0.39 is 0 Å². The number of carbonyl (C=O) groups excluding carboxylic acids is 1. The van der Waals surface area contributed by atoms with Gasteiger partial charge in [0.05, 0.1) is 0 Å². The Hall–Kier alpha value is -2.43. The maximum Gasteiger partial charge on any atom is 0.255 e. The normalized spacial score (nSPS) is 10.1. The van der Waals surface area contributed by atoms with Crippen molar-refractivity contribution >= 4 is 17.4 Å². The van der Waals surface area contributed by atoms with Crippen LogP contribution >= 0.6 is 0 Å².